The summed E-state index contributed by atoms with van der Waals surface area (Å²) in [6.07, 6.45) is 2.86. The fraction of sp³-hybridized carbons (Fsp3) is 0.318. The van der Waals surface area contributed by atoms with Crippen molar-refractivity contribution in [1.82, 2.24) is 4.31 Å². The number of morpholine rings is 1. The topological polar surface area (TPSA) is 91.4 Å². The second-order valence-corrected chi connectivity index (χ2v) is 8.55. The molecular weight excluding hydrogens is 422 g/mol. The molecule has 0 N–H and O–H groups in total. The van der Waals surface area contributed by atoms with Gasteiger partial charge in [0.2, 0.25) is 10.0 Å². The first-order chi connectivity index (χ1) is 15.0. The van der Waals surface area contributed by atoms with Crippen molar-refractivity contribution in [3.05, 3.63) is 60.2 Å². The van der Waals surface area contributed by atoms with Crippen molar-refractivity contribution in [3.8, 4) is 11.5 Å². The average molecular weight is 448 g/mol. The fourth-order valence-corrected chi connectivity index (χ4v) is 4.28. The second-order valence-electron chi connectivity index (χ2n) is 6.61. The van der Waals surface area contributed by atoms with E-state index >= 15 is 0 Å². The van der Waals surface area contributed by atoms with Crippen molar-refractivity contribution < 1.29 is 32.2 Å². The minimum absolute atomic E-state index is 0.103. The standard InChI is InChI=1S/C22H25NO7S/c1-27-19-5-7-20(8-6-19)29-16-17-30-22(24)11-4-18-2-9-21(10-3-18)31(25,26)23-12-14-28-15-13-23/h2-11H,12-17H2,1H3. The predicted octanol–water partition coefficient (Wildman–Crippen LogP) is 2.35. The molecule has 1 saturated heterocycles. The van der Waals surface area contributed by atoms with E-state index in [4.69, 9.17) is 18.9 Å². The van der Waals surface area contributed by atoms with E-state index < -0.39 is 16.0 Å². The van der Waals surface area contributed by atoms with Gasteiger partial charge in [0.25, 0.3) is 0 Å². The van der Waals surface area contributed by atoms with Crippen LogP contribution in [0.5, 0.6) is 11.5 Å². The molecule has 0 bridgehead atoms. The Balaban J connectivity index is 1.44. The zero-order valence-electron chi connectivity index (χ0n) is 17.2. The number of hydrogen-bond donors (Lipinski definition) is 0. The Bertz CT molecular complexity index is 980. The summed E-state index contributed by atoms with van der Waals surface area (Å²) < 4.78 is 47.5. The van der Waals surface area contributed by atoms with E-state index in [0.29, 0.717) is 37.6 Å². The fourth-order valence-electron chi connectivity index (χ4n) is 2.87. The number of carbonyl (C=O) groups excluding carboxylic acids is 1. The molecule has 0 unspecified atom stereocenters. The third-order valence-electron chi connectivity index (χ3n) is 4.56. The number of rotatable bonds is 9. The van der Waals surface area contributed by atoms with Gasteiger partial charge >= 0.3 is 5.97 Å². The molecule has 31 heavy (non-hydrogen) atoms. The molecule has 2 aromatic carbocycles. The maximum atomic E-state index is 12.6. The highest BCUT2D eigenvalue weighted by atomic mass is 32.2. The minimum atomic E-state index is -3.54. The summed E-state index contributed by atoms with van der Waals surface area (Å²) in [5.41, 5.74) is 0.687. The Morgan fingerprint density at radius 2 is 1.65 bits per heavy atom. The third-order valence-corrected chi connectivity index (χ3v) is 6.47. The first kappa shape index (κ1) is 22.8. The maximum absolute atomic E-state index is 12.6. The summed E-state index contributed by atoms with van der Waals surface area (Å²) in [6.45, 7) is 1.81. The molecule has 1 aliphatic rings. The lowest BCUT2D eigenvalue weighted by atomic mass is 10.2. The van der Waals surface area contributed by atoms with Gasteiger partial charge in [0.1, 0.15) is 24.7 Å². The number of nitrogens with zero attached hydrogens (tertiary/aromatic N) is 1. The van der Waals surface area contributed by atoms with E-state index in [9.17, 15) is 13.2 Å². The molecule has 0 saturated carbocycles. The summed E-state index contributed by atoms with van der Waals surface area (Å²) in [5.74, 6) is 0.874. The average Bonchev–Trinajstić information content (AvgIpc) is 2.81. The van der Waals surface area contributed by atoms with Gasteiger partial charge in [-0.05, 0) is 48.0 Å². The van der Waals surface area contributed by atoms with Crippen molar-refractivity contribution in [2.75, 3.05) is 46.6 Å². The zero-order valence-corrected chi connectivity index (χ0v) is 18.0. The Hall–Kier alpha value is -2.88. The van der Waals surface area contributed by atoms with Gasteiger partial charge < -0.3 is 18.9 Å². The van der Waals surface area contributed by atoms with Crippen LogP contribution in [0.3, 0.4) is 0 Å². The highest BCUT2D eigenvalue weighted by Gasteiger charge is 2.25. The van der Waals surface area contributed by atoms with Crippen LogP contribution in [0.25, 0.3) is 6.08 Å². The van der Waals surface area contributed by atoms with Gasteiger partial charge in [-0.1, -0.05) is 12.1 Å². The van der Waals surface area contributed by atoms with Crippen molar-refractivity contribution in [2.24, 2.45) is 0 Å². The molecule has 1 fully saturated rings. The van der Waals surface area contributed by atoms with Crippen LogP contribution >= 0.6 is 0 Å². The quantitative estimate of drug-likeness (QED) is 0.331. The number of hydrogen-bond acceptors (Lipinski definition) is 7. The summed E-state index contributed by atoms with van der Waals surface area (Å²) in [4.78, 5) is 12.1. The Kier molecular flexibility index (Phi) is 8.05. The molecule has 9 heteroatoms. The van der Waals surface area contributed by atoms with Crippen LogP contribution in [0, 0.1) is 0 Å². The number of carbonyl (C=O) groups is 1. The van der Waals surface area contributed by atoms with Crippen LogP contribution < -0.4 is 9.47 Å². The molecule has 1 heterocycles. The van der Waals surface area contributed by atoms with Crippen LogP contribution in [0.1, 0.15) is 5.56 Å². The second kappa shape index (κ2) is 10.9. The molecule has 0 atom stereocenters. The van der Waals surface area contributed by atoms with Crippen molar-refractivity contribution in [3.63, 3.8) is 0 Å². The summed E-state index contributed by atoms with van der Waals surface area (Å²) >= 11 is 0. The lowest BCUT2D eigenvalue weighted by Gasteiger charge is -2.26. The van der Waals surface area contributed by atoms with E-state index in [1.807, 2.05) is 0 Å². The van der Waals surface area contributed by atoms with Gasteiger partial charge in [0, 0.05) is 19.2 Å². The molecule has 0 amide bonds. The van der Waals surface area contributed by atoms with Crippen LogP contribution in [-0.4, -0.2) is 65.3 Å². The van der Waals surface area contributed by atoms with Gasteiger partial charge in [-0.2, -0.15) is 4.31 Å². The maximum Gasteiger partial charge on any atom is 0.330 e. The smallest absolute Gasteiger partial charge is 0.330 e. The Morgan fingerprint density at radius 1 is 1.00 bits per heavy atom. The lowest BCUT2D eigenvalue weighted by molar-refractivity contribution is -0.138. The summed E-state index contributed by atoms with van der Waals surface area (Å²) in [5, 5.41) is 0. The van der Waals surface area contributed by atoms with E-state index in [-0.39, 0.29) is 18.1 Å². The van der Waals surface area contributed by atoms with Crippen LogP contribution in [0.2, 0.25) is 0 Å². The van der Waals surface area contributed by atoms with Crippen molar-refractivity contribution in [1.29, 1.82) is 0 Å². The molecular formula is C22H25NO7S. The molecule has 0 aromatic heterocycles. The molecule has 0 radical (unpaired) electrons. The van der Waals surface area contributed by atoms with Crippen LogP contribution in [0.4, 0.5) is 0 Å². The first-order valence-electron chi connectivity index (χ1n) is 9.79. The highest BCUT2D eigenvalue weighted by Crippen LogP contribution is 2.18. The number of methoxy groups -OCH3 is 1. The van der Waals surface area contributed by atoms with Gasteiger partial charge in [-0.25, -0.2) is 13.2 Å². The van der Waals surface area contributed by atoms with Crippen molar-refractivity contribution in [2.45, 2.75) is 4.90 Å². The highest BCUT2D eigenvalue weighted by molar-refractivity contribution is 7.89. The van der Waals surface area contributed by atoms with Gasteiger partial charge in [-0.15, -0.1) is 0 Å². The number of benzene rings is 2. The minimum Gasteiger partial charge on any atom is -0.497 e. The van der Waals surface area contributed by atoms with Crippen LogP contribution in [0.15, 0.2) is 59.5 Å². The van der Waals surface area contributed by atoms with E-state index in [1.54, 1.807) is 49.6 Å². The normalized spacial score (nSPS) is 15.0. The van der Waals surface area contributed by atoms with E-state index in [1.165, 1.54) is 22.5 Å². The number of sulfonamides is 1. The van der Waals surface area contributed by atoms with Crippen LogP contribution in [-0.2, 0) is 24.3 Å². The molecule has 8 nitrogen and oxygen atoms in total. The molecule has 166 valence electrons. The SMILES string of the molecule is COc1ccc(OCCOC(=O)C=Cc2ccc(S(=O)(=O)N3CCOCC3)cc2)cc1. The van der Waals surface area contributed by atoms with Gasteiger partial charge in [-0.3, -0.25) is 0 Å². The molecule has 0 aliphatic carbocycles. The lowest BCUT2D eigenvalue weighted by Crippen LogP contribution is -2.40. The van der Waals surface area contributed by atoms with Gasteiger partial charge in [0.15, 0.2) is 0 Å². The van der Waals surface area contributed by atoms with Crippen molar-refractivity contribution >= 4 is 22.1 Å². The summed E-state index contributed by atoms with van der Waals surface area (Å²) in [6, 6.07) is 13.4. The number of ether oxygens (including phenoxy) is 4. The monoisotopic (exact) mass is 447 g/mol. The van der Waals surface area contributed by atoms with Gasteiger partial charge in [0.05, 0.1) is 25.2 Å². The predicted molar refractivity (Wildman–Crippen MR) is 115 cm³/mol. The number of esters is 1. The molecule has 3 rings (SSSR count). The summed E-state index contributed by atoms with van der Waals surface area (Å²) in [7, 11) is -1.95. The molecule has 2 aromatic rings. The molecule has 1 aliphatic heterocycles. The van der Waals surface area contributed by atoms with E-state index in [2.05, 4.69) is 0 Å². The third kappa shape index (κ3) is 6.55. The Labute approximate surface area is 182 Å². The Morgan fingerprint density at radius 3 is 2.29 bits per heavy atom. The van der Waals surface area contributed by atoms with E-state index in [0.717, 1.165) is 5.75 Å². The molecule has 0 spiro atoms. The zero-order chi connectivity index (χ0) is 22.1. The first-order valence-corrected chi connectivity index (χ1v) is 11.2. The largest absolute Gasteiger partial charge is 0.497 e.